The molecule has 3 N–H and O–H groups in total. The Balaban J connectivity index is 1.51. The van der Waals surface area contributed by atoms with E-state index in [2.05, 4.69) is 38.2 Å². The molecule has 4 rings (SSSR count). The van der Waals surface area contributed by atoms with Gasteiger partial charge < -0.3 is 20.6 Å². The summed E-state index contributed by atoms with van der Waals surface area (Å²) in [4.78, 5) is 31.7. The Morgan fingerprint density at radius 1 is 1.00 bits per heavy atom. The van der Waals surface area contributed by atoms with Crippen molar-refractivity contribution in [2.45, 2.75) is 13.2 Å². The summed E-state index contributed by atoms with van der Waals surface area (Å²) < 4.78 is 0.860. The smallest absolute Gasteiger partial charge is 0.258 e. The number of aliphatic hydroxyl groups excluding tert-OH is 1. The summed E-state index contributed by atoms with van der Waals surface area (Å²) in [5.41, 5.74) is 2.90. The van der Waals surface area contributed by atoms with Crippen LogP contribution in [0.4, 0.5) is 17.2 Å². The zero-order valence-electron chi connectivity index (χ0n) is 17.7. The summed E-state index contributed by atoms with van der Waals surface area (Å²) >= 11 is 2.12. The zero-order chi connectivity index (χ0) is 23.4. The maximum absolute atomic E-state index is 12.9. The van der Waals surface area contributed by atoms with Crippen LogP contribution in [-0.2, 0) is 0 Å². The van der Waals surface area contributed by atoms with Crippen molar-refractivity contribution in [3.05, 3.63) is 105 Å². The molecule has 7 nitrogen and oxygen atoms in total. The van der Waals surface area contributed by atoms with E-state index < -0.39 is 6.23 Å². The van der Waals surface area contributed by atoms with Gasteiger partial charge in [0.05, 0.1) is 11.3 Å². The number of carbonyl (C=O) groups excluding carboxylic acids is 2. The van der Waals surface area contributed by atoms with Gasteiger partial charge in [-0.25, -0.2) is 4.98 Å². The number of nitrogens with zero attached hydrogens (tertiary/aromatic N) is 2. The summed E-state index contributed by atoms with van der Waals surface area (Å²) in [5.74, 6) is -0.282. The Kier molecular flexibility index (Phi) is 6.85. The Morgan fingerprint density at radius 2 is 1.79 bits per heavy atom. The maximum atomic E-state index is 12.9. The number of hydrogen-bond acceptors (Lipinski definition) is 5. The molecule has 0 aliphatic carbocycles. The van der Waals surface area contributed by atoms with Crippen molar-refractivity contribution in [2.24, 2.45) is 0 Å². The first-order valence-electron chi connectivity index (χ1n) is 10.2. The monoisotopic (exact) mass is 552 g/mol. The van der Waals surface area contributed by atoms with Crippen molar-refractivity contribution < 1.29 is 14.7 Å². The number of pyridine rings is 1. The average Bonchev–Trinajstić information content (AvgIpc) is 2.82. The number of amides is 2. The van der Waals surface area contributed by atoms with E-state index in [9.17, 15) is 14.7 Å². The number of nitrogens with one attached hydrogen (secondary N) is 2. The van der Waals surface area contributed by atoms with Gasteiger partial charge in [0.15, 0.2) is 0 Å². The van der Waals surface area contributed by atoms with Crippen LogP contribution in [0.1, 0.15) is 26.3 Å². The van der Waals surface area contributed by atoms with Crippen LogP contribution in [0.25, 0.3) is 0 Å². The molecule has 0 bridgehead atoms. The van der Waals surface area contributed by atoms with Crippen LogP contribution in [0.15, 0.2) is 85.2 Å². The van der Waals surface area contributed by atoms with Gasteiger partial charge in [0.25, 0.3) is 11.8 Å². The van der Waals surface area contributed by atoms with E-state index in [0.29, 0.717) is 22.6 Å². The molecule has 1 aliphatic heterocycles. The lowest BCUT2D eigenvalue weighted by Crippen LogP contribution is -2.29. The lowest BCUT2D eigenvalue weighted by atomic mass is 10.1. The average molecular weight is 552 g/mol. The zero-order valence-corrected chi connectivity index (χ0v) is 19.9. The van der Waals surface area contributed by atoms with E-state index >= 15 is 0 Å². The highest BCUT2D eigenvalue weighted by molar-refractivity contribution is 14.1. The second-order valence-corrected chi connectivity index (χ2v) is 8.66. The van der Waals surface area contributed by atoms with Crippen molar-refractivity contribution >= 4 is 51.6 Å². The van der Waals surface area contributed by atoms with Crippen molar-refractivity contribution in [1.29, 1.82) is 0 Å². The number of aromatic nitrogens is 1. The SMILES string of the molecule is Cc1ccc(NC(=O)c2cc(I)ccc2NC(=O)c2ccc(N3C=CC=CC3O)cc2)nc1. The molecule has 2 aromatic carbocycles. The highest BCUT2D eigenvalue weighted by Gasteiger charge is 2.17. The van der Waals surface area contributed by atoms with Gasteiger partial charge in [0.1, 0.15) is 12.0 Å². The normalized spacial score (nSPS) is 14.8. The van der Waals surface area contributed by atoms with Crippen LogP contribution in [0.3, 0.4) is 0 Å². The van der Waals surface area contributed by atoms with E-state index in [-0.39, 0.29) is 11.8 Å². The van der Waals surface area contributed by atoms with Crippen molar-refractivity contribution in [1.82, 2.24) is 4.98 Å². The van der Waals surface area contributed by atoms with Gasteiger partial charge in [0.2, 0.25) is 0 Å². The van der Waals surface area contributed by atoms with Crippen LogP contribution < -0.4 is 15.5 Å². The number of benzene rings is 2. The van der Waals surface area contributed by atoms with E-state index in [1.165, 1.54) is 0 Å². The molecule has 0 saturated heterocycles. The minimum atomic E-state index is -0.759. The molecule has 0 fully saturated rings. The molecule has 2 amide bonds. The molecule has 1 aliphatic rings. The molecule has 3 aromatic rings. The Bertz CT molecular complexity index is 1240. The number of hydrogen-bond donors (Lipinski definition) is 3. The van der Waals surface area contributed by atoms with Gasteiger partial charge in [0, 0.05) is 27.2 Å². The molecular weight excluding hydrogens is 531 g/mol. The first kappa shape index (κ1) is 22.7. The summed E-state index contributed by atoms with van der Waals surface area (Å²) in [6.45, 7) is 1.92. The fourth-order valence-electron chi connectivity index (χ4n) is 3.24. The molecule has 0 spiro atoms. The van der Waals surface area contributed by atoms with Crippen LogP contribution in [0.5, 0.6) is 0 Å². The Morgan fingerprint density at radius 3 is 2.48 bits per heavy atom. The van der Waals surface area contributed by atoms with Gasteiger partial charge in [-0.1, -0.05) is 12.1 Å². The molecule has 1 unspecified atom stereocenters. The van der Waals surface area contributed by atoms with E-state index in [0.717, 1.165) is 14.8 Å². The third kappa shape index (κ3) is 5.47. The summed E-state index contributed by atoms with van der Waals surface area (Å²) in [7, 11) is 0. The van der Waals surface area contributed by atoms with Crippen LogP contribution in [0, 0.1) is 10.5 Å². The number of allylic oxidation sites excluding steroid dienone is 2. The number of carbonyl (C=O) groups is 2. The van der Waals surface area contributed by atoms with E-state index in [4.69, 9.17) is 0 Å². The molecule has 1 atom stereocenters. The third-order valence-electron chi connectivity index (χ3n) is 4.98. The fourth-order valence-corrected chi connectivity index (χ4v) is 3.74. The van der Waals surface area contributed by atoms with Crippen LogP contribution >= 0.6 is 22.6 Å². The summed E-state index contributed by atoms with van der Waals surface area (Å²) in [6.07, 6.45) is 7.93. The number of aliphatic hydroxyl groups is 1. The predicted octanol–water partition coefficient (Wildman–Crippen LogP) is 4.71. The molecule has 0 radical (unpaired) electrons. The lowest BCUT2D eigenvalue weighted by molar-refractivity contribution is 0.102. The third-order valence-corrected chi connectivity index (χ3v) is 5.65. The largest absolute Gasteiger partial charge is 0.370 e. The van der Waals surface area contributed by atoms with Crippen LogP contribution in [0.2, 0.25) is 0 Å². The predicted molar refractivity (Wildman–Crippen MR) is 137 cm³/mol. The Labute approximate surface area is 205 Å². The molecule has 1 aromatic heterocycles. The molecular formula is C25H21IN4O3. The number of rotatable bonds is 5. The quantitative estimate of drug-likeness (QED) is 0.399. The van der Waals surface area contributed by atoms with Crippen molar-refractivity contribution in [3.63, 3.8) is 0 Å². The summed E-state index contributed by atoms with van der Waals surface area (Å²) in [6, 6.07) is 15.7. The van der Waals surface area contributed by atoms with Crippen LogP contribution in [-0.4, -0.2) is 28.1 Å². The lowest BCUT2D eigenvalue weighted by Gasteiger charge is -2.26. The first-order chi connectivity index (χ1) is 15.9. The van der Waals surface area contributed by atoms with Gasteiger partial charge in [-0.2, -0.15) is 0 Å². The van der Waals surface area contributed by atoms with Gasteiger partial charge in [-0.3, -0.25) is 9.59 Å². The topological polar surface area (TPSA) is 94.6 Å². The minimum Gasteiger partial charge on any atom is -0.370 e. The van der Waals surface area contributed by atoms with Gasteiger partial charge >= 0.3 is 0 Å². The number of aryl methyl sites for hydroxylation is 1. The van der Waals surface area contributed by atoms with Crippen molar-refractivity contribution in [3.8, 4) is 0 Å². The number of halogens is 1. The maximum Gasteiger partial charge on any atom is 0.258 e. The molecule has 0 saturated carbocycles. The second-order valence-electron chi connectivity index (χ2n) is 7.41. The Hall–Kier alpha value is -3.50. The highest BCUT2D eigenvalue weighted by atomic mass is 127. The fraction of sp³-hybridized carbons (Fsp3) is 0.0800. The van der Waals surface area contributed by atoms with E-state index in [1.807, 2.05) is 25.1 Å². The molecule has 166 valence electrons. The number of anilines is 3. The standard InChI is InChI=1S/C25H21IN4O3/c1-16-5-12-22(27-15-16)29-25(33)20-14-18(26)8-11-21(20)28-24(32)17-6-9-19(10-7-17)30-13-3-2-4-23(30)31/h2-15,23,31H,1H3,(H,28,32)(H,27,29,33). The van der Waals surface area contributed by atoms with Crippen molar-refractivity contribution in [2.75, 3.05) is 15.5 Å². The molecule has 8 heteroatoms. The molecule has 33 heavy (non-hydrogen) atoms. The highest BCUT2D eigenvalue weighted by Crippen LogP contribution is 2.23. The van der Waals surface area contributed by atoms with Gasteiger partial charge in [-0.15, -0.1) is 0 Å². The molecule has 2 heterocycles. The second kappa shape index (κ2) is 9.97. The first-order valence-corrected chi connectivity index (χ1v) is 11.2. The van der Waals surface area contributed by atoms with Gasteiger partial charge in [-0.05, 0) is 95.8 Å². The summed E-state index contributed by atoms with van der Waals surface area (Å²) in [5, 5.41) is 15.7. The van der Waals surface area contributed by atoms with E-state index in [1.54, 1.807) is 71.9 Å². The minimum absolute atomic E-state index is 0.336.